The Kier molecular flexibility index (Phi) is 6.05. The number of para-hydroxylation sites is 4. The van der Waals surface area contributed by atoms with Gasteiger partial charge in [0.2, 0.25) is 0 Å². The Morgan fingerprint density at radius 2 is 1.06 bits per heavy atom. The highest BCUT2D eigenvalue weighted by Crippen LogP contribution is 2.42. The first kappa shape index (κ1) is 28.2. The Hall–Kier alpha value is -6.63. The molecule has 0 aliphatic rings. The van der Waals surface area contributed by atoms with E-state index in [0.29, 0.717) is 17.5 Å². The quantitative estimate of drug-likeness (QED) is 0.187. The second-order valence-corrected chi connectivity index (χ2v) is 13.8. The predicted molar refractivity (Wildman–Crippen MR) is 211 cm³/mol. The normalized spacial score (nSPS) is 11.9. The summed E-state index contributed by atoms with van der Waals surface area (Å²) in [5.74, 6) is 1.83. The van der Waals surface area contributed by atoms with Crippen molar-refractivity contribution in [3.8, 4) is 39.9 Å². The van der Waals surface area contributed by atoms with Crippen molar-refractivity contribution in [2.45, 2.75) is 0 Å². The number of furan rings is 1. The van der Waals surface area contributed by atoms with Gasteiger partial charge in [-0.15, -0.1) is 11.3 Å². The number of nitrogens with zero attached hydrogens (tertiary/aromatic N) is 4. The Labute approximate surface area is 295 Å². The molecule has 6 heteroatoms. The molecule has 51 heavy (non-hydrogen) atoms. The van der Waals surface area contributed by atoms with Crippen LogP contribution < -0.4 is 0 Å². The van der Waals surface area contributed by atoms with Gasteiger partial charge >= 0.3 is 0 Å². The molecule has 11 aromatic rings. The van der Waals surface area contributed by atoms with Crippen molar-refractivity contribution in [1.29, 1.82) is 0 Å². The number of fused-ring (bicyclic) bond motifs is 9. The minimum atomic E-state index is 0.579. The van der Waals surface area contributed by atoms with E-state index >= 15 is 0 Å². The van der Waals surface area contributed by atoms with Crippen LogP contribution in [0, 0.1) is 0 Å². The van der Waals surface area contributed by atoms with Crippen LogP contribution in [0.4, 0.5) is 0 Å². The van der Waals surface area contributed by atoms with Crippen LogP contribution >= 0.6 is 11.3 Å². The molecule has 238 valence electrons. The van der Waals surface area contributed by atoms with Gasteiger partial charge in [0.15, 0.2) is 17.5 Å². The summed E-state index contributed by atoms with van der Waals surface area (Å²) in [6.45, 7) is 0. The monoisotopic (exact) mass is 670 g/mol. The van der Waals surface area contributed by atoms with Crippen LogP contribution in [0.2, 0.25) is 0 Å². The SMILES string of the molecule is c1ccc(-c2nc(-c3cccc4c3oc3ccccc34)nc(-c3cccc4c3sc3cc(-n5c6ccccc6c6ccccc65)ccc34)n2)cc1. The van der Waals surface area contributed by atoms with Crippen molar-refractivity contribution in [2.24, 2.45) is 0 Å². The third-order valence-electron chi connectivity index (χ3n) is 9.87. The fourth-order valence-corrected chi connectivity index (χ4v) is 8.80. The number of aromatic nitrogens is 4. The smallest absolute Gasteiger partial charge is 0.167 e. The molecule has 4 heterocycles. The number of hydrogen-bond acceptors (Lipinski definition) is 5. The first-order valence-electron chi connectivity index (χ1n) is 16.9. The van der Waals surface area contributed by atoms with E-state index in [1.807, 2.05) is 60.7 Å². The molecule has 7 aromatic carbocycles. The molecule has 5 nitrogen and oxygen atoms in total. The Bertz CT molecular complexity index is 3100. The molecule has 11 rings (SSSR count). The molecule has 0 atom stereocenters. The second-order valence-electron chi connectivity index (χ2n) is 12.8. The lowest BCUT2D eigenvalue weighted by molar-refractivity contribution is 0.669. The van der Waals surface area contributed by atoms with Crippen LogP contribution in [0.25, 0.3) is 104 Å². The number of hydrogen-bond donors (Lipinski definition) is 0. The zero-order valence-corrected chi connectivity index (χ0v) is 27.9. The van der Waals surface area contributed by atoms with Crippen molar-refractivity contribution in [1.82, 2.24) is 19.5 Å². The van der Waals surface area contributed by atoms with E-state index in [9.17, 15) is 0 Å². The molecule has 0 saturated heterocycles. The van der Waals surface area contributed by atoms with Gasteiger partial charge in [0.25, 0.3) is 0 Å². The van der Waals surface area contributed by atoms with E-state index in [4.69, 9.17) is 19.4 Å². The average molecular weight is 671 g/mol. The molecule has 0 aliphatic carbocycles. The fraction of sp³-hybridized carbons (Fsp3) is 0. The van der Waals surface area contributed by atoms with Crippen LogP contribution in [-0.4, -0.2) is 19.5 Å². The lowest BCUT2D eigenvalue weighted by Gasteiger charge is -2.09. The maximum atomic E-state index is 6.43. The van der Waals surface area contributed by atoms with E-state index < -0.39 is 0 Å². The molecule has 0 spiro atoms. The summed E-state index contributed by atoms with van der Waals surface area (Å²) < 4.78 is 11.2. The molecule has 0 saturated carbocycles. The van der Waals surface area contributed by atoms with Gasteiger partial charge in [-0.25, -0.2) is 15.0 Å². The molecule has 0 aliphatic heterocycles. The molecular weight excluding hydrogens is 645 g/mol. The largest absolute Gasteiger partial charge is 0.455 e. The summed E-state index contributed by atoms with van der Waals surface area (Å²) in [6, 6.07) is 55.0. The van der Waals surface area contributed by atoms with Crippen LogP contribution in [0.15, 0.2) is 162 Å². The van der Waals surface area contributed by atoms with Gasteiger partial charge in [-0.2, -0.15) is 0 Å². The van der Waals surface area contributed by atoms with E-state index in [2.05, 4.69) is 102 Å². The summed E-state index contributed by atoms with van der Waals surface area (Å²) in [5.41, 5.74) is 7.89. The maximum absolute atomic E-state index is 6.43. The highest BCUT2D eigenvalue weighted by Gasteiger charge is 2.20. The zero-order valence-electron chi connectivity index (χ0n) is 27.1. The lowest BCUT2D eigenvalue weighted by Crippen LogP contribution is -2.00. The molecule has 0 amide bonds. The molecule has 0 fully saturated rings. The second kappa shape index (κ2) is 10.9. The Morgan fingerprint density at radius 1 is 0.451 bits per heavy atom. The summed E-state index contributed by atoms with van der Waals surface area (Å²) in [5, 5.41) is 7.02. The van der Waals surface area contributed by atoms with Crippen LogP contribution in [0.1, 0.15) is 0 Å². The van der Waals surface area contributed by atoms with Gasteiger partial charge in [-0.3, -0.25) is 0 Å². The molecule has 4 aromatic heterocycles. The number of benzene rings is 7. The van der Waals surface area contributed by atoms with E-state index in [1.165, 1.54) is 37.3 Å². The van der Waals surface area contributed by atoms with E-state index in [-0.39, 0.29) is 0 Å². The van der Waals surface area contributed by atoms with E-state index in [0.717, 1.165) is 49.0 Å². The van der Waals surface area contributed by atoms with Crippen molar-refractivity contribution in [3.63, 3.8) is 0 Å². The number of rotatable bonds is 4. The third kappa shape index (κ3) is 4.30. The summed E-state index contributed by atoms with van der Waals surface area (Å²) in [6.07, 6.45) is 0. The maximum Gasteiger partial charge on any atom is 0.167 e. The zero-order chi connectivity index (χ0) is 33.5. The van der Waals surface area contributed by atoms with Gasteiger partial charge in [0.05, 0.1) is 16.6 Å². The molecule has 0 N–H and O–H groups in total. The van der Waals surface area contributed by atoms with Crippen LogP contribution in [0.3, 0.4) is 0 Å². The molecule has 0 unspecified atom stereocenters. The van der Waals surface area contributed by atoms with Gasteiger partial charge in [-0.05, 0) is 42.5 Å². The first-order valence-corrected chi connectivity index (χ1v) is 17.8. The topological polar surface area (TPSA) is 56.7 Å². The minimum Gasteiger partial charge on any atom is -0.455 e. The molecular formula is C45H26N4OS. The van der Waals surface area contributed by atoms with Crippen molar-refractivity contribution < 1.29 is 4.42 Å². The summed E-state index contributed by atoms with van der Waals surface area (Å²) >= 11 is 1.78. The average Bonchev–Trinajstić information content (AvgIpc) is 3.87. The molecule has 0 radical (unpaired) electrons. The van der Waals surface area contributed by atoms with Crippen molar-refractivity contribution >= 4 is 75.3 Å². The van der Waals surface area contributed by atoms with Gasteiger partial charge in [-0.1, -0.05) is 115 Å². The van der Waals surface area contributed by atoms with Gasteiger partial charge < -0.3 is 8.98 Å². The van der Waals surface area contributed by atoms with Crippen LogP contribution in [-0.2, 0) is 0 Å². The van der Waals surface area contributed by atoms with Gasteiger partial charge in [0, 0.05) is 58.5 Å². The molecule has 0 bridgehead atoms. The highest BCUT2D eigenvalue weighted by atomic mass is 32.1. The number of thiophene rings is 1. The van der Waals surface area contributed by atoms with E-state index in [1.54, 1.807) is 11.3 Å². The van der Waals surface area contributed by atoms with Crippen molar-refractivity contribution in [2.75, 3.05) is 0 Å². The fourth-order valence-electron chi connectivity index (χ4n) is 7.56. The minimum absolute atomic E-state index is 0.579. The predicted octanol–water partition coefficient (Wildman–Crippen LogP) is 12.2. The standard InChI is InChI=1S/C45H26N4OS/c1-2-12-27(13-3-1)43-46-44(35-19-10-17-33-31-16-6-9-23-39(31)50-41(33)35)48-45(47-43)36-20-11-18-34-32-25-24-28(26-40(32)51-42(34)36)49-37-21-7-4-14-29(37)30-15-5-8-22-38(30)49/h1-26H. The first-order chi connectivity index (χ1) is 25.3. The van der Waals surface area contributed by atoms with Crippen LogP contribution in [0.5, 0.6) is 0 Å². The van der Waals surface area contributed by atoms with Gasteiger partial charge in [0.1, 0.15) is 11.2 Å². The lowest BCUT2D eigenvalue weighted by atomic mass is 10.1. The third-order valence-corrected chi connectivity index (χ3v) is 11.1. The highest BCUT2D eigenvalue weighted by molar-refractivity contribution is 7.26. The Morgan fingerprint density at radius 3 is 1.84 bits per heavy atom. The summed E-state index contributed by atoms with van der Waals surface area (Å²) in [7, 11) is 0. The Balaban J connectivity index is 1.13. The summed E-state index contributed by atoms with van der Waals surface area (Å²) in [4.78, 5) is 15.4. The van der Waals surface area contributed by atoms with Crippen molar-refractivity contribution in [3.05, 3.63) is 158 Å².